The molecule has 1 aromatic heterocycles. The fourth-order valence-electron chi connectivity index (χ4n) is 0.730. The summed E-state index contributed by atoms with van der Waals surface area (Å²) in [5.74, 6) is -2.98. The van der Waals surface area contributed by atoms with Crippen molar-refractivity contribution >= 4 is 23.2 Å². The summed E-state index contributed by atoms with van der Waals surface area (Å²) in [7, 11) is 0. The van der Waals surface area contributed by atoms with Crippen molar-refractivity contribution in [2.45, 2.75) is 12.8 Å². The van der Waals surface area contributed by atoms with Crippen LogP contribution in [0.3, 0.4) is 0 Å². The second kappa shape index (κ2) is 3.15. The molecule has 0 aliphatic heterocycles. The standard InChI is InChI=1S/C7H5Cl2F2N/c1-7(10,11)4-3-12-6(9)2-5(4)8/h2-3H,1H3. The molecule has 0 N–H and O–H groups in total. The molecule has 0 saturated carbocycles. The first-order chi connectivity index (χ1) is 5.41. The molecule has 1 aromatic rings. The van der Waals surface area contributed by atoms with E-state index in [-0.39, 0.29) is 15.7 Å². The largest absolute Gasteiger partial charge is 0.273 e. The summed E-state index contributed by atoms with van der Waals surface area (Å²) < 4.78 is 25.4. The van der Waals surface area contributed by atoms with E-state index in [1.807, 2.05) is 0 Å². The van der Waals surface area contributed by atoms with Gasteiger partial charge in [-0.15, -0.1) is 0 Å². The van der Waals surface area contributed by atoms with E-state index < -0.39 is 5.92 Å². The summed E-state index contributed by atoms with van der Waals surface area (Å²) in [4.78, 5) is 3.51. The predicted octanol–water partition coefficient (Wildman–Crippen LogP) is 3.50. The third kappa shape index (κ3) is 2.05. The third-order valence-electron chi connectivity index (χ3n) is 1.29. The van der Waals surface area contributed by atoms with Crippen molar-refractivity contribution in [2.75, 3.05) is 0 Å². The van der Waals surface area contributed by atoms with E-state index in [4.69, 9.17) is 23.2 Å². The fraction of sp³-hybridized carbons (Fsp3) is 0.286. The summed E-state index contributed by atoms with van der Waals surface area (Å²) in [5, 5.41) is 0.0375. The van der Waals surface area contributed by atoms with Gasteiger partial charge >= 0.3 is 0 Å². The minimum atomic E-state index is -2.98. The Kier molecular flexibility index (Phi) is 2.54. The zero-order valence-electron chi connectivity index (χ0n) is 6.11. The van der Waals surface area contributed by atoms with Crippen LogP contribution in [-0.2, 0) is 5.92 Å². The van der Waals surface area contributed by atoms with E-state index in [9.17, 15) is 8.78 Å². The van der Waals surface area contributed by atoms with Crippen LogP contribution in [0.15, 0.2) is 12.3 Å². The van der Waals surface area contributed by atoms with E-state index >= 15 is 0 Å². The summed E-state index contributed by atoms with van der Waals surface area (Å²) in [6.07, 6.45) is 0.977. The van der Waals surface area contributed by atoms with Crippen molar-refractivity contribution in [3.8, 4) is 0 Å². The van der Waals surface area contributed by atoms with E-state index in [2.05, 4.69) is 4.98 Å². The Hall–Kier alpha value is -0.410. The predicted molar refractivity (Wildman–Crippen MR) is 43.8 cm³/mol. The van der Waals surface area contributed by atoms with Crippen LogP contribution in [0.25, 0.3) is 0 Å². The third-order valence-corrected chi connectivity index (χ3v) is 1.81. The average molecular weight is 212 g/mol. The first-order valence-electron chi connectivity index (χ1n) is 3.10. The summed E-state index contributed by atoms with van der Waals surface area (Å²) >= 11 is 10.9. The van der Waals surface area contributed by atoms with E-state index in [0.29, 0.717) is 0 Å². The lowest BCUT2D eigenvalue weighted by atomic mass is 10.2. The zero-order valence-corrected chi connectivity index (χ0v) is 7.63. The fourth-order valence-corrected chi connectivity index (χ4v) is 1.26. The molecule has 12 heavy (non-hydrogen) atoms. The van der Waals surface area contributed by atoms with E-state index in [0.717, 1.165) is 13.1 Å². The maximum Gasteiger partial charge on any atom is 0.273 e. The number of alkyl halides is 2. The molecule has 1 rings (SSSR count). The van der Waals surface area contributed by atoms with Crippen molar-refractivity contribution in [2.24, 2.45) is 0 Å². The second-order valence-corrected chi connectivity index (χ2v) is 3.17. The topological polar surface area (TPSA) is 12.9 Å². The highest BCUT2D eigenvalue weighted by molar-refractivity contribution is 6.34. The van der Waals surface area contributed by atoms with Gasteiger partial charge in [0, 0.05) is 13.1 Å². The highest BCUT2D eigenvalue weighted by Gasteiger charge is 2.27. The van der Waals surface area contributed by atoms with Crippen molar-refractivity contribution in [1.82, 2.24) is 4.98 Å². The maximum atomic E-state index is 12.7. The number of pyridine rings is 1. The number of hydrogen-bond acceptors (Lipinski definition) is 1. The average Bonchev–Trinajstić information content (AvgIpc) is 1.83. The number of hydrogen-bond donors (Lipinski definition) is 0. The van der Waals surface area contributed by atoms with Crippen LogP contribution >= 0.6 is 23.2 Å². The molecule has 0 bridgehead atoms. The van der Waals surface area contributed by atoms with Gasteiger partial charge in [-0.25, -0.2) is 13.8 Å². The Bertz CT molecular complexity index is 296. The molecule has 0 fully saturated rings. The molecule has 0 atom stereocenters. The van der Waals surface area contributed by atoms with Gasteiger partial charge in [0.1, 0.15) is 5.15 Å². The van der Waals surface area contributed by atoms with E-state index in [1.165, 1.54) is 6.07 Å². The van der Waals surface area contributed by atoms with Crippen LogP contribution in [-0.4, -0.2) is 4.98 Å². The number of rotatable bonds is 1. The Morgan fingerprint density at radius 1 is 1.42 bits per heavy atom. The number of aromatic nitrogens is 1. The molecule has 1 nitrogen and oxygen atoms in total. The van der Waals surface area contributed by atoms with Gasteiger partial charge in [-0.3, -0.25) is 0 Å². The Balaban J connectivity index is 3.19. The quantitative estimate of drug-likeness (QED) is 0.649. The Morgan fingerprint density at radius 3 is 2.42 bits per heavy atom. The minimum absolute atomic E-state index is 0.0671. The van der Waals surface area contributed by atoms with Crippen molar-refractivity contribution in [1.29, 1.82) is 0 Å². The van der Waals surface area contributed by atoms with Crippen LogP contribution < -0.4 is 0 Å². The Labute approximate surface area is 78.3 Å². The van der Waals surface area contributed by atoms with Gasteiger partial charge in [0.2, 0.25) is 0 Å². The van der Waals surface area contributed by atoms with Crippen LogP contribution in [0.1, 0.15) is 12.5 Å². The van der Waals surface area contributed by atoms with Gasteiger partial charge in [0.05, 0.1) is 10.6 Å². The SMILES string of the molecule is CC(F)(F)c1cnc(Cl)cc1Cl. The van der Waals surface area contributed by atoms with Gasteiger partial charge in [0.25, 0.3) is 5.92 Å². The van der Waals surface area contributed by atoms with E-state index in [1.54, 1.807) is 0 Å². The molecule has 0 aromatic carbocycles. The summed E-state index contributed by atoms with van der Waals surface area (Å²) in [6, 6.07) is 1.19. The molecule has 0 aliphatic rings. The van der Waals surface area contributed by atoms with Crippen LogP contribution in [0, 0.1) is 0 Å². The van der Waals surface area contributed by atoms with Crippen LogP contribution in [0.4, 0.5) is 8.78 Å². The lowest BCUT2D eigenvalue weighted by molar-refractivity contribution is 0.0172. The molecule has 0 aliphatic carbocycles. The van der Waals surface area contributed by atoms with Crippen molar-refractivity contribution in [3.05, 3.63) is 28.0 Å². The molecule has 66 valence electrons. The molecule has 5 heteroatoms. The highest BCUT2D eigenvalue weighted by Crippen LogP contribution is 2.32. The van der Waals surface area contributed by atoms with Crippen molar-refractivity contribution < 1.29 is 8.78 Å². The lowest BCUT2D eigenvalue weighted by Crippen LogP contribution is -2.08. The monoisotopic (exact) mass is 211 g/mol. The van der Waals surface area contributed by atoms with Gasteiger partial charge in [-0.05, 0) is 6.07 Å². The normalized spacial score (nSPS) is 11.8. The van der Waals surface area contributed by atoms with Gasteiger partial charge in [-0.2, -0.15) is 0 Å². The highest BCUT2D eigenvalue weighted by atomic mass is 35.5. The van der Waals surface area contributed by atoms with Gasteiger partial charge < -0.3 is 0 Å². The number of nitrogens with zero attached hydrogens (tertiary/aromatic N) is 1. The van der Waals surface area contributed by atoms with Crippen LogP contribution in [0.2, 0.25) is 10.2 Å². The zero-order chi connectivity index (χ0) is 9.35. The lowest BCUT2D eigenvalue weighted by Gasteiger charge is -2.11. The van der Waals surface area contributed by atoms with Gasteiger partial charge in [-0.1, -0.05) is 23.2 Å². The molecule has 0 amide bonds. The molecule has 1 heterocycles. The molecule has 0 saturated heterocycles. The summed E-state index contributed by atoms with van der Waals surface area (Å²) in [6.45, 7) is 0.754. The molecular formula is C7H5Cl2F2N. The molecule has 0 radical (unpaired) electrons. The molecular weight excluding hydrogens is 207 g/mol. The van der Waals surface area contributed by atoms with Crippen molar-refractivity contribution in [3.63, 3.8) is 0 Å². The Morgan fingerprint density at radius 2 is 2.00 bits per heavy atom. The first kappa shape index (κ1) is 9.68. The smallest absolute Gasteiger partial charge is 0.244 e. The van der Waals surface area contributed by atoms with Crippen LogP contribution in [0.5, 0.6) is 0 Å². The molecule has 0 unspecified atom stereocenters. The minimum Gasteiger partial charge on any atom is -0.244 e. The van der Waals surface area contributed by atoms with Gasteiger partial charge in [0.15, 0.2) is 0 Å². The second-order valence-electron chi connectivity index (χ2n) is 2.38. The maximum absolute atomic E-state index is 12.7. The molecule has 0 spiro atoms. The number of halogens is 4. The summed E-state index contributed by atoms with van der Waals surface area (Å²) in [5.41, 5.74) is -0.312. The first-order valence-corrected chi connectivity index (χ1v) is 3.86.